The van der Waals surface area contributed by atoms with Crippen molar-refractivity contribution in [1.82, 2.24) is 10.1 Å². The van der Waals surface area contributed by atoms with Gasteiger partial charge in [0.2, 0.25) is 0 Å². The van der Waals surface area contributed by atoms with Gasteiger partial charge in [-0.05, 0) is 18.8 Å². The molecule has 0 bridgehead atoms. The lowest BCUT2D eigenvalue weighted by Crippen LogP contribution is -2.39. The van der Waals surface area contributed by atoms with Crippen LogP contribution in [0.5, 0.6) is 0 Å². The lowest BCUT2D eigenvalue weighted by atomic mass is 9.85. The molecule has 0 spiro atoms. The molecule has 0 unspecified atom stereocenters. The number of ether oxygens (including phenoxy) is 1. The van der Waals surface area contributed by atoms with Crippen LogP contribution in [0.3, 0.4) is 0 Å². The highest BCUT2D eigenvalue weighted by atomic mass is 16.5. The van der Waals surface area contributed by atoms with Crippen LogP contribution in [0.4, 0.5) is 5.82 Å². The number of amides is 1. The summed E-state index contributed by atoms with van der Waals surface area (Å²) in [5.74, 6) is 1.80. The third kappa shape index (κ3) is 3.33. The molecule has 1 aliphatic carbocycles. The molecule has 2 aromatic rings. The van der Waals surface area contributed by atoms with Crippen molar-refractivity contribution < 1.29 is 14.1 Å². The first kappa shape index (κ1) is 17.1. The standard InChI is InChI=1S/C20H25N3O3/c1-22(14-15-6-5-7-15)20(24)17-18(16-8-3-2-4-9-16)26-21-19(17)23-10-12-25-13-11-23/h2-4,8-9,15H,5-7,10-14H2,1H3. The van der Waals surface area contributed by atoms with Gasteiger partial charge in [-0.15, -0.1) is 0 Å². The molecular formula is C20H25N3O3. The number of rotatable bonds is 5. The van der Waals surface area contributed by atoms with Crippen molar-refractivity contribution in [2.45, 2.75) is 19.3 Å². The molecule has 0 atom stereocenters. The Bertz CT molecular complexity index is 749. The number of benzene rings is 1. The highest BCUT2D eigenvalue weighted by molar-refractivity contribution is 6.04. The number of aromatic nitrogens is 1. The molecule has 1 aliphatic heterocycles. The van der Waals surface area contributed by atoms with Crippen LogP contribution in [-0.4, -0.2) is 55.9 Å². The van der Waals surface area contributed by atoms with E-state index in [1.807, 2.05) is 42.3 Å². The van der Waals surface area contributed by atoms with Crippen molar-refractivity contribution in [2.75, 3.05) is 44.8 Å². The predicted molar refractivity (Wildman–Crippen MR) is 99.3 cm³/mol. The normalized spacial score (nSPS) is 17.8. The lowest BCUT2D eigenvalue weighted by molar-refractivity contribution is 0.0745. The van der Waals surface area contributed by atoms with Gasteiger partial charge in [0.1, 0.15) is 5.56 Å². The number of carbonyl (C=O) groups is 1. The molecule has 2 heterocycles. The molecular weight excluding hydrogens is 330 g/mol. The molecule has 0 radical (unpaired) electrons. The van der Waals surface area contributed by atoms with E-state index in [1.165, 1.54) is 19.3 Å². The molecule has 1 aromatic heterocycles. The molecule has 6 heteroatoms. The van der Waals surface area contributed by atoms with Crippen LogP contribution in [0.2, 0.25) is 0 Å². The summed E-state index contributed by atoms with van der Waals surface area (Å²) in [5, 5.41) is 4.28. The van der Waals surface area contributed by atoms with E-state index in [0.29, 0.717) is 49.4 Å². The fraction of sp³-hybridized carbons (Fsp3) is 0.500. The lowest BCUT2D eigenvalue weighted by Gasteiger charge is -2.31. The highest BCUT2D eigenvalue weighted by Gasteiger charge is 2.31. The zero-order valence-corrected chi connectivity index (χ0v) is 15.2. The molecule has 138 valence electrons. The van der Waals surface area contributed by atoms with Crippen molar-refractivity contribution in [3.8, 4) is 11.3 Å². The Morgan fingerprint density at radius 3 is 2.62 bits per heavy atom. The maximum atomic E-state index is 13.3. The molecule has 1 amide bonds. The van der Waals surface area contributed by atoms with Gasteiger partial charge < -0.3 is 19.1 Å². The molecule has 6 nitrogen and oxygen atoms in total. The number of morpholine rings is 1. The van der Waals surface area contributed by atoms with E-state index in [0.717, 1.165) is 12.1 Å². The van der Waals surface area contributed by atoms with Crippen LogP contribution in [0.1, 0.15) is 29.6 Å². The third-order valence-corrected chi connectivity index (χ3v) is 5.34. The second kappa shape index (κ2) is 7.50. The Labute approximate surface area is 153 Å². The molecule has 1 saturated heterocycles. The zero-order valence-electron chi connectivity index (χ0n) is 15.2. The predicted octanol–water partition coefficient (Wildman–Crippen LogP) is 3.05. The van der Waals surface area contributed by atoms with E-state index in [1.54, 1.807) is 0 Å². The Balaban J connectivity index is 1.68. The zero-order chi connectivity index (χ0) is 17.9. The molecule has 4 rings (SSSR count). The molecule has 26 heavy (non-hydrogen) atoms. The Kier molecular flexibility index (Phi) is 4.93. The van der Waals surface area contributed by atoms with Crippen molar-refractivity contribution in [1.29, 1.82) is 0 Å². The average Bonchev–Trinajstić information content (AvgIpc) is 3.10. The van der Waals surface area contributed by atoms with Crippen LogP contribution in [0.15, 0.2) is 34.9 Å². The van der Waals surface area contributed by atoms with Crippen LogP contribution >= 0.6 is 0 Å². The van der Waals surface area contributed by atoms with Crippen molar-refractivity contribution in [3.05, 3.63) is 35.9 Å². The van der Waals surface area contributed by atoms with E-state index in [4.69, 9.17) is 9.26 Å². The SMILES string of the molecule is CN(CC1CCC1)C(=O)c1c(N2CCOCC2)noc1-c1ccccc1. The minimum absolute atomic E-state index is 0.0153. The first-order chi connectivity index (χ1) is 12.7. The first-order valence-electron chi connectivity index (χ1n) is 9.37. The van der Waals surface area contributed by atoms with E-state index in [9.17, 15) is 4.79 Å². The second-order valence-electron chi connectivity index (χ2n) is 7.16. The van der Waals surface area contributed by atoms with Crippen molar-refractivity contribution in [3.63, 3.8) is 0 Å². The molecule has 0 N–H and O–H groups in total. The molecule has 1 saturated carbocycles. The number of anilines is 1. The van der Waals surface area contributed by atoms with Crippen LogP contribution in [0, 0.1) is 5.92 Å². The summed E-state index contributed by atoms with van der Waals surface area (Å²) in [6.07, 6.45) is 3.69. The van der Waals surface area contributed by atoms with Gasteiger partial charge in [-0.3, -0.25) is 4.79 Å². The van der Waals surface area contributed by atoms with Crippen LogP contribution < -0.4 is 4.90 Å². The van der Waals surface area contributed by atoms with Gasteiger partial charge in [0.25, 0.3) is 5.91 Å². The van der Waals surface area contributed by atoms with Gasteiger partial charge >= 0.3 is 0 Å². The number of hydrogen-bond acceptors (Lipinski definition) is 5. The second-order valence-corrected chi connectivity index (χ2v) is 7.16. The fourth-order valence-corrected chi connectivity index (χ4v) is 3.59. The van der Waals surface area contributed by atoms with Gasteiger partial charge in [-0.1, -0.05) is 41.9 Å². The monoisotopic (exact) mass is 355 g/mol. The van der Waals surface area contributed by atoms with Gasteiger partial charge in [0, 0.05) is 32.2 Å². The van der Waals surface area contributed by atoms with E-state index in [2.05, 4.69) is 10.1 Å². The maximum absolute atomic E-state index is 13.3. The van der Waals surface area contributed by atoms with Gasteiger partial charge in [-0.25, -0.2) is 0 Å². The van der Waals surface area contributed by atoms with E-state index < -0.39 is 0 Å². The highest BCUT2D eigenvalue weighted by Crippen LogP contribution is 2.34. The Morgan fingerprint density at radius 2 is 1.96 bits per heavy atom. The molecule has 1 aromatic carbocycles. The summed E-state index contributed by atoms with van der Waals surface area (Å²) in [4.78, 5) is 17.2. The van der Waals surface area contributed by atoms with Gasteiger partial charge in [-0.2, -0.15) is 0 Å². The topological polar surface area (TPSA) is 58.8 Å². The minimum atomic E-state index is -0.0153. The maximum Gasteiger partial charge on any atom is 0.261 e. The average molecular weight is 355 g/mol. The Morgan fingerprint density at radius 1 is 1.23 bits per heavy atom. The van der Waals surface area contributed by atoms with E-state index >= 15 is 0 Å². The molecule has 2 aliphatic rings. The largest absolute Gasteiger partial charge is 0.378 e. The van der Waals surface area contributed by atoms with Crippen molar-refractivity contribution >= 4 is 11.7 Å². The molecule has 2 fully saturated rings. The smallest absolute Gasteiger partial charge is 0.261 e. The summed E-state index contributed by atoms with van der Waals surface area (Å²) in [5.41, 5.74) is 1.44. The summed E-state index contributed by atoms with van der Waals surface area (Å²) < 4.78 is 11.1. The van der Waals surface area contributed by atoms with E-state index in [-0.39, 0.29) is 5.91 Å². The number of hydrogen-bond donors (Lipinski definition) is 0. The summed E-state index contributed by atoms with van der Waals surface area (Å²) in [7, 11) is 1.88. The van der Waals surface area contributed by atoms with Crippen LogP contribution in [-0.2, 0) is 4.74 Å². The van der Waals surface area contributed by atoms with Gasteiger partial charge in [0.15, 0.2) is 11.6 Å². The van der Waals surface area contributed by atoms with Crippen molar-refractivity contribution in [2.24, 2.45) is 5.92 Å². The van der Waals surface area contributed by atoms with Gasteiger partial charge in [0.05, 0.1) is 13.2 Å². The Hall–Kier alpha value is -2.34. The summed E-state index contributed by atoms with van der Waals surface area (Å²) >= 11 is 0. The fourth-order valence-electron chi connectivity index (χ4n) is 3.59. The third-order valence-electron chi connectivity index (χ3n) is 5.34. The summed E-state index contributed by atoms with van der Waals surface area (Å²) in [6.45, 7) is 3.50. The quantitative estimate of drug-likeness (QED) is 0.825. The van der Waals surface area contributed by atoms with Crippen LogP contribution in [0.25, 0.3) is 11.3 Å². The number of carbonyl (C=O) groups excluding carboxylic acids is 1. The number of nitrogens with zero attached hydrogens (tertiary/aromatic N) is 3. The first-order valence-corrected chi connectivity index (χ1v) is 9.37. The summed E-state index contributed by atoms with van der Waals surface area (Å²) in [6, 6.07) is 9.74. The minimum Gasteiger partial charge on any atom is -0.378 e.